The molecular weight excluding hydrogens is 272 g/mol. The van der Waals surface area contributed by atoms with E-state index in [-0.39, 0.29) is 6.79 Å². The number of hydrogen-bond donors (Lipinski definition) is 1. The summed E-state index contributed by atoms with van der Waals surface area (Å²) >= 11 is 0. The van der Waals surface area contributed by atoms with Gasteiger partial charge in [0.25, 0.3) is 0 Å². The van der Waals surface area contributed by atoms with E-state index >= 15 is 0 Å². The second-order valence-corrected chi connectivity index (χ2v) is 4.75. The molecule has 0 spiro atoms. The highest BCUT2D eigenvalue weighted by Gasteiger charge is 2.22. The molecule has 1 aliphatic heterocycles. The number of rotatable bonds is 2. The van der Waals surface area contributed by atoms with Crippen LogP contribution in [-0.4, -0.2) is 11.9 Å². The average molecular weight is 284 g/mol. The summed E-state index contributed by atoms with van der Waals surface area (Å²) in [6.45, 7) is 2.09. The van der Waals surface area contributed by atoms with Crippen molar-refractivity contribution in [2.24, 2.45) is 0 Å². The van der Waals surface area contributed by atoms with E-state index in [1.165, 1.54) is 0 Å². The van der Waals surface area contributed by atoms with E-state index in [0.29, 0.717) is 34.4 Å². The van der Waals surface area contributed by atoms with E-state index in [0.717, 1.165) is 11.3 Å². The van der Waals surface area contributed by atoms with Gasteiger partial charge < -0.3 is 24.1 Å². The fraction of sp³-hybridized carbons (Fsp3) is 0.133. The van der Waals surface area contributed by atoms with Gasteiger partial charge in [0.1, 0.15) is 5.76 Å². The van der Waals surface area contributed by atoms with E-state index in [1.54, 1.807) is 0 Å². The Labute approximate surface area is 120 Å². The molecule has 0 amide bonds. The molecule has 0 bridgehead atoms. The van der Waals surface area contributed by atoms with Crippen molar-refractivity contribution in [3.8, 4) is 34.1 Å². The van der Waals surface area contributed by atoms with Crippen molar-refractivity contribution in [2.45, 2.75) is 6.92 Å². The minimum atomic E-state index is 0.224. The standard InChI is InChI=1S/C15H12N2O4/c1-8-2-4-11(20-8)14-13(15(16)17-21-14)9-3-5-10-12(6-9)19-7-18-10/h2-6H,7H2,1H3,(H2,16,17). The van der Waals surface area contributed by atoms with E-state index in [2.05, 4.69) is 5.16 Å². The summed E-state index contributed by atoms with van der Waals surface area (Å²) in [5, 5.41) is 3.84. The summed E-state index contributed by atoms with van der Waals surface area (Å²) in [7, 11) is 0. The van der Waals surface area contributed by atoms with Crippen LogP contribution in [0.2, 0.25) is 0 Å². The number of furan rings is 1. The van der Waals surface area contributed by atoms with Crippen LogP contribution < -0.4 is 15.2 Å². The van der Waals surface area contributed by atoms with Crippen LogP contribution in [0.4, 0.5) is 5.82 Å². The van der Waals surface area contributed by atoms with Crippen LogP contribution in [-0.2, 0) is 0 Å². The molecule has 0 saturated carbocycles. The molecule has 106 valence electrons. The maximum Gasteiger partial charge on any atom is 0.231 e. The van der Waals surface area contributed by atoms with Gasteiger partial charge in [-0.3, -0.25) is 0 Å². The molecule has 6 nitrogen and oxygen atoms in total. The SMILES string of the molecule is Cc1ccc(-c2onc(N)c2-c2ccc3c(c2)OCO3)o1. The number of benzene rings is 1. The average Bonchev–Trinajstić information content (AvgIpc) is 3.17. The van der Waals surface area contributed by atoms with Crippen molar-refractivity contribution in [3.05, 3.63) is 36.1 Å². The van der Waals surface area contributed by atoms with Gasteiger partial charge in [-0.25, -0.2) is 0 Å². The van der Waals surface area contributed by atoms with Gasteiger partial charge in [0.05, 0.1) is 5.56 Å². The number of fused-ring (bicyclic) bond motifs is 1. The van der Waals surface area contributed by atoms with Crippen LogP contribution in [0.5, 0.6) is 11.5 Å². The Morgan fingerprint density at radius 1 is 1.10 bits per heavy atom. The number of ether oxygens (including phenoxy) is 2. The van der Waals surface area contributed by atoms with Gasteiger partial charge in [-0.2, -0.15) is 0 Å². The highest BCUT2D eigenvalue weighted by molar-refractivity contribution is 5.86. The van der Waals surface area contributed by atoms with Crippen molar-refractivity contribution in [3.63, 3.8) is 0 Å². The molecule has 0 fully saturated rings. The van der Waals surface area contributed by atoms with Crippen LogP contribution in [0.15, 0.2) is 39.3 Å². The smallest absolute Gasteiger partial charge is 0.231 e. The Morgan fingerprint density at radius 2 is 1.95 bits per heavy atom. The van der Waals surface area contributed by atoms with Gasteiger partial charge >= 0.3 is 0 Å². The van der Waals surface area contributed by atoms with Gasteiger partial charge in [0.2, 0.25) is 12.6 Å². The predicted octanol–water partition coefficient (Wildman–Crippen LogP) is 3.22. The number of nitrogen functional groups attached to an aromatic ring is 1. The summed E-state index contributed by atoms with van der Waals surface area (Å²) in [6, 6.07) is 9.25. The van der Waals surface area contributed by atoms with E-state index in [4.69, 9.17) is 24.1 Å². The molecule has 2 aromatic heterocycles. The molecular formula is C15H12N2O4. The Bertz CT molecular complexity index is 819. The lowest BCUT2D eigenvalue weighted by molar-refractivity contribution is 0.174. The summed E-state index contributed by atoms with van der Waals surface area (Å²) in [5.41, 5.74) is 7.46. The fourth-order valence-electron chi connectivity index (χ4n) is 2.36. The van der Waals surface area contributed by atoms with Crippen LogP contribution in [0.25, 0.3) is 22.6 Å². The molecule has 6 heteroatoms. The lowest BCUT2D eigenvalue weighted by atomic mass is 10.0. The molecule has 0 aliphatic carbocycles. The Kier molecular flexibility index (Phi) is 2.44. The van der Waals surface area contributed by atoms with Crippen LogP contribution in [0, 0.1) is 6.92 Å². The van der Waals surface area contributed by atoms with E-state index in [1.807, 2.05) is 37.3 Å². The third-order valence-electron chi connectivity index (χ3n) is 3.34. The molecule has 1 aromatic carbocycles. The minimum Gasteiger partial charge on any atom is -0.458 e. The largest absolute Gasteiger partial charge is 0.458 e. The van der Waals surface area contributed by atoms with E-state index in [9.17, 15) is 0 Å². The second-order valence-electron chi connectivity index (χ2n) is 4.75. The number of hydrogen-bond acceptors (Lipinski definition) is 6. The van der Waals surface area contributed by atoms with Gasteiger partial charge in [0.15, 0.2) is 23.1 Å². The molecule has 0 saturated heterocycles. The van der Waals surface area contributed by atoms with Gasteiger partial charge in [-0.05, 0) is 36.8 Å². The zero-order valence-electron chi connectivity index (χ0n) is 11.3. The molecule has 3 aromatic rings. The molecule has 21 heavy (non-hydrogen) atoms. The maximum atomic E-state index is 5.94. The highest BCUT2D eigenvalue weighted by atomic mass is 16.7. The normalized spacial score (nSPS) is 12.8. The summed E-state index contributed by atoms with van der Waals surface area (Å²) < 4.78 is 21.6. The van der Waals surface area contributed by atoms with Crippen molar-refractivity contribution < 1.29 is 18.4 Å². The van der Waals surface area contributed by atoms with E-state index < -0.39 is 0 Å². The first-order chi connectivity index (χ1) is 10.2. The molecule has 4 rings (SSSR count). The summed E-state index contributed by atoms with van der Waals surface area (Å²) in [4.78, 5) is 0. The minimum absolute atomic E-state index is 0.224. The van der Waals surface area contributed by atoms with Gasteiger partial charge in [0, 0.05) is 0 Å². The van der Waals surface area contributed by atoms with Gasteiger partial charge in [-0.1, -0.05) is 11.2 Å². The third-order valence-corrected chi connectivity index (χ3v) is 3.34. The first-order valence-electron chi connectivity index (χ1n) is 6.44. The molecule has 3 heterocycles. The second kappa shape index (κ2) is 4.31. The number of anilines is 1. The van der Waals surface area contributed by atoms with Crippen LogP contribution in [0.3, 0.4) is 0 Å². The number of aryl methyl sites for hydroxylation is 1. The summed E-state index contributed by atoms with van der Waals surface area (Å²) in [6.07, 6.45) is 0. The van der Waals surface area contributed by atoms with Crippen LogP contribution >= 0.6 is 0 Å². The van der Waals surface area contributed by atoms with Crippen LogP contribution in [0.1, 0.15) is 5.76 Å². The monoisotopic (exact) mass is 284 g/mol. The molecule has 2 N–H and O–H groups in total. The first kappa shape index (κ1) is 11.9. The first-order valence-corrected chi connectivity index (χ1v) is 6.44. The quantitative estimate of drug-likeness (QED) is 0.777. The lowest BCUT2D eigenvalue weighted by Crippen LogP contribution is -1.93. The van der Waals surface area contributed by atoms with Crippen molar-refractivity contribution in [1.29, 1.82) is 0 Å². The molecule has 0 radical (unpaired) electrons. The molecule has 0 atom stereocenters. The van der Waals surface area contributed by atoms with Crippen molar-refractivity contribution >= 4 is 5.82 Å². The highest BCUT2D eigenvalue weighted by Crippen LogP contribution is 2.41. The third kappa shape index (κ3) is 1.84. The molecule has 1 aliphatic rings. The predicted molar refractivity (Wildman–Crippen MR) is 74.9 cm³/mol. The van der Waals surface area contributed by atoms with Crippen molar-refractivity contribution in [2.75, 3.05) is 12.5 Å². The van der Waals surface area contributed by atoms with Crippen molar-refractivity contribution in [1.82, 2.24) is 5.16 Å². The number of nitrogens with zero attached hydrogens (tertiary/aromatic N) is 1. The Balaban J connectivity index is 1.87. The number of aromatic nitrogens is 1. The molecule has 0 unspecified atom stereocenters. The fourth-order valence-corrected chi connectivity index (χ4v) is 2.36. The van der Waals surface area contributed by atoms with Gasteiger partial charge in [-0.15, -0.1) is 0 Å². The Hall–Kier alpha value is -2.89. The zero-order valence-corrected chi connectivity index (χ0v) is 11.3. The number of nitrogens with two attached hydrogens (primary N) is 1. The Morgan fingerprint density at radius 3 is 2.76 bits per heavy atom. The maximum absolute atomic E-state index is 5.94. The summed E-state index contributed by atoms with van der Waals surface area (Å²) in [5.74, 6) is 3.57. The topological polar surface area (TPSA) is 83.7 Å². The lowest BCUT2D eigenvalue weighted by Gasteiger charge is -2.03. The zero-order chi connectivity index (χ0) is 14.4.